The zero-order valence-corrected chi connectivity index (χ0v) is 12.5. The molecule has 2 rings (SSSR count). The van der Waals surface area contributed by atoms with Crippen LogP contribution in [0.1, 0.15) is 18.4 Å². The molecule has 5 heteroatoms. The number of carbonyl (C=O) groups is 1. The van der Waals surface area contributed by atoms with Gasteiger partial charge in [0.25, 0.3) is 5.91 Å². The van der Waals surface area contributed by atoms with Crippen LogP contribution in [0.4, 0.5) is 5.69 Å². The summed E-state index contributed by atoms with van der Waals surface area (Å²) < 4.78 is 6.48. The van der Waals surface area contributed by atoms with E-state index in [1.807, 2.05) is 25.1 Å². The lowest BCUT2D eigenvalue weighted by Crippen LogP contribution is -2.46. The number of halogens is 1. The quantitative estimate of drug-likeness (QED) is 0.922. The van der Waals surface area contributed by atoms with Crippen molar-refractivity contribution in [2.45, 2.75) is 25.9 Å². The second kappa shape index (κ2) is 6.50. The van der Waals surface area contributed by atoms with E-state index >= 15 is 0 Å². The van der Waals surface area contributed by atoms with Crippen LogP contribution in [0.25, 0.3) is 0 Å². The van der Waals surface area contributed by atoms with Gasteiger partial charge < -0.3 is 14.7 Å². The smallest absolute Gasteiger partial charge is 0.253 e. The summed E-state index contributed by atoms with van der Waals surface area (Å²) in [5.74, 6) is -0.0176. The van der Waals surface area contributed by atoms with Crippen LogP contribution in [-0.4, -0.2) is 36.9 Å². The Labute approximate surface area is 121 Å². The molecule has 1 N–H and O–H groups in total. The van der Waals surface area contributed by atoms with Gasteiger partial charge in [0.05, 0.1) is 12.6 Å². The van der Waals surface area contributed by atoms with Crippen molar-refractivity contribution in [2.24, 2.45) is 0 Å². The Bertz CT molecular complexity index is 464. The number of aliphatic hydroxyl groups is 1. The third kappa shape index (κ3) is 3.55. The van der Waals surface area contributed by atoms with E-state index in [4.69, 9.17) is 9.84 Å². The van der Waals surface area contributed by atoms with E-state index in [1.54, 1.807) is 4.90 Å². The lowest BCUT2D eigenvalue weighted by molar-refractivity contribution is -0.129. The molecule has 0 spiro atoms. The lowest BCUT2D eigenvalue weighted by atomic mass is 10.1. The number of ether oxygens (including phenoxy) is 1. The maximum Gasteiger partial charge on any atom is 0.253 e. The molecule has 104 valence electrons. The van der Waals surface area contributed by atoms with Crippen LogP contribution in [0.15, 0.2) is 22.7 Å². The van der Waals surface area contributed by atoms with E-state index in [0.717, 1.165) is 22.1 Å². The molecule has 0 radical (unpaired) electrons. The first-order chi connectivity index (χ1) is 9.11. The van der Waals surface area contributed by atoms with E-state index in [-0.39, 0.29) is 25.2 Å². The highest BCUT2D eigenvalue weighted by molar-refractivity contribution is 9.10. The van der Waals surface area contributed by atoms with E-state index in [2.05, 4.69) is 15.9 Å². The van der Waals surface area contributed by atoms with Gasteiger partial charge in [-0.1, -0.05) is 22.0 Å². The minimum Gasteiger partial charge on any atom is -0.396 e. The number of hydrogen-bond donors (Lipinski definition) is 1. The predicted octanol–water partition coefficient (Wildman–Crippen LogP) is 2.26. The fraction of sp³-hybridized carbons (Fsp3) is 0.500. The number of aliphatic hydroxyl groups excluding tert-OH is 1. The second-order valence-corrected chi connectivity index (χ2v) is 5.59. The normalized spacial score (nSPS) is 19.8. The first-order valence-corrected chi connectivity index (χ1v) is 7.20. The fourth-order valence-corrected chi connectivity index (χ4v) is 2.48. The molecule has 0 bridgehead atoms. The van der Waals surface area contributed by atoms with Crippen molar-refractivity contribution in [1.82, 2.24) is 0 Å². The highest BCUT2D eigenvalue weighted by Gasteiger charge is 2.27. The van der Waals surface area contributed by atoms with E-state index in [1.165, 1.54) is 0 Å². The van der Waals surface area contributed by atoms with Crippen molar-refractivity contribution in [3.63, 3.8) is 0 Å². The summed E-state index contributed by atoms with van der Waals surface area (Å²) in [4.78, 5) is 13.7. The summed E-state index contributed by atoms with van der Waals surface area (Å²) in [6.45, 7) is 2.83. The molecule has 4 nitrogen and oxygen atoms in total. The van der Waals surface area contributed by atoms with Crippen LogP contribution < -0.4 is 4.90 Å². The number of hydrogen-bond acceptors (Lipinski definition) is 3. The van der Waals surface area contributed by atoms with Gasteiger partial charge in [0, 0.05) is 16.8 Å². The summed E-state index contributed by atoms with van der Waals surface area (Å²) in [5.41, 5.74) is 2.03. The van der Waals surface area contributed by atoms with Gasteiger partial charge >= 0.3 is 0 Å². The molecule has 1 atom stereocenters. The molecule has 1 aromatic rings. The molecule has 19 heavy (non-hydrogen) atoms. The Morgan fingerprint density at radius 2 is 2.32 bits per heavy atom. The Hall–Kier alpha value is -0.910. The van der Waals surface area contributed by atoms with Gasteiger partial charge in [0.1, 0.15) is 6.61 Å². The first-order valence-electron chi connectivity index (χ1n) is 6.41. The molecule has 1 amide bonds. The van der Waals surface area contributed by atoms with Crippen molar-refractivity contribution in [1.29, 1.82) is 0 Å². The van der Waals surface area contributed by atoms with Gasteiger partial charge in [-0.2, -0.15) is 0 Å². The van der Waals surface area contributed by atoms with Gasteiger partial charge in [-0.3, -0.25) is 4.79 Å². The zero-order valence-electron chi connectivity index (χ0n) is 10.9. The molecule has 1 saturated heterocycles. The van der Waals surface area contributed by atoms with Crippen LogP contribution in [0, 0.1) is 6.92 Å². The Balaban J connectivity index is 2.11. The van der Waals surface area contributed by atoms with Crippen molar-refractivity contribution >= 4 is 27.5 Å². The number of amides is 1. The van der Waals surface area contributed by atoms with Crippen LogP contribution in [0.3, 0.4) is 0 Å². The van der Waals surface area contributed by atoms with Crippen LogP contribution in [-0.2, 0) is 9.53 Å². The number of aryl methyl sites for hydroxylation is 1. The summed E-state index contributed by atoms with van der Waals surface area (Å²) in [6.07, 6.45) is 1.47. The second-order valence-electron chi connectivity index (χ2n) is 4.74. The molecule has 1 aliphatic rings. The molecule has 1 unspecified atom stereocenters. The number of benzene rings is 1. The Morgan fingerprint density at radius 1 is 1.53 bits per heavy atom. The minimum absolute atomic E-state index is 0.00456. The highest BCUT2D eigenvalue weighted by Crippen LogP contribution is 2.26. The molecule has 1 heterocycles. The third-order valence-corrected chi connectivity index (χ3v) is 4.14. The molecule has 0 aliphatic carbocycles. The van der Waals surface area contributed by atoms with Gasteiger partial charge in [0.2, 0.25) is 0 Å². The molecule has 1 aromatic carbocycles. The first kappa shape index (κ1) is 14.5. The molecule has 1 aliphatic heterocycles. The largest absolute Gasteiger partial charge is 0.396 e. The number of rotatable bonds is 4. The van der Waals surface area contributed by atoms with Crippen LogP contribution in [0.2, 0.25) is 0 Å². The third-order valence-electron chi connectivity index (χ3n) is 3.28. The van der Waals surface area contributed by atoms with Crippen molar-refractivity contribution < 1.29 is 14.6 Å². The summed E-state index contributed by atoms with van der Waals surface area (Å²) in [6, 6.07) is 5.90. The van der Waals surface area contributed by atoms with E-state index < -0.39 is 0 Å². The predicted molar refractivity (Wildman–Crippen MR) is 77.3 cm³/mol. The maximum absolute atomic E-state index is 11.9. The summed E-state index contributed by atoms with van der Waals surface area (Å²) >= 11 is 3.49. The lowest BCUT2D eigenvalue weighted by Gasteiger charge is -2.33. The Kier molecular flexibility index (Phi) is 4.96. The Morgan fingerprint density at radius 3 is 3.00 bits per heavy atom. The van der Waals surface area contributed by atoms with Gasteiger partial charge in [-0.05, 0) is 37.5 Å². The number of morpholine rings is 1. The topological polar surface area (TPSA) is 49.8 Å². The highest BCUT2D eigenvalue weighted by atomic mass is 79.9. The number of nitrogens with zero attached hydrogens (tertiary/aromatic N) is 1. The van der Waals surface area contributed by atoms with Crippen LogP contribution >= 0.6 is 15.9 Å². The minimum atomic E-state index is -0.0176. The average Bonchev–Trinajstić information content (AvgIpc) is 2.41. The van der Waals surface area contributed by atoms with Crippen molar-refractivity contribution in [3.05, 3.63) is 28.2 Å². The monoisotopic (exact) mass is 327 g/mol. The molecule has 1 fully saturated rings. The summed E-state index contributed by atoms with van der Waals surface area (Å²) in [7, 11) is 0. The maximum atomic E-state index is 11.9. The number of anilines is 1. The SMILES string of the molecule is Cc1ccc(N2CC(CCCO)OCC2=O)cc1Br. The van der Waals surface area contributed by atoms with Crippen molar-refractivity contribution in [2.75, 3.05) is 24.7 Å². The fourth-order valence-electron chi connectivity index (χ4n) is 2.12. The van der Waals surface area contributed by atoms with E-state index in [0.29, 0.717) is 13.0 Å². The number of carbonyl (C=O) groups excluding carboxylic acids is 1. The molecular formula is C14H18BrNO3. The molecule has 0 saturated carbocycles. The summed E-state index contributed by atoms with van der Waals surface area (Å²) in [5, 5.41) is 8.86. The van der Waals surface area contributed by atoms with Gasteiger partial charge in [-0.25, -0.2) is 0 Å². The van der Waals surface area contributed by atoms with Crippen molar-refractivity contribution in [3.8, 4) is 0 Å². The standard InChI is InChI=1S/C14H18BrNO3/c1-10-4-5-11(7-13(10)15)16-8-12(3-2-6-17)19-9-14(16)18/h4-5,7,12,17H,2-3,6,8-9H2,1H3. The average molecular weight is 328 g/mol. The zero-order chi connectivity index (χ0) is 13.8. The van der Waals surface area contributed by atoms with E-state index in [9.17, 15) is 4.79 Å². The van der Waals surface area contributed by atoms with Gasteiger partial charge in [-0.15, -0.1) is 0 Å². The van der Waals surface area contributed by atoms with Gasteiger partial charge in [0.15, 0.2) is 0 Å². The molecule has 0 aromatic heterocycles. The van der Waals surface area contributed by atoms with Crippen LogP contribution in [0.5, 0.6) is 0 Å². The molecular weight excluding hydrogens is 310 g/mol.